The fourth-order valence-corrected chi connectivity index (χ4v) is 3.78. The van der Waals surface area contributed by atoms with Crippen LogP contribution in [-0.4, -0.2) is 51.1 Å². The smallest absolute Gasteiger partial charge is 0.278 e. The van der Waals surface area contributed by atoms with Crippen molar-refractivity contribution in [1.29, 1.82) is 0 Å². The van der Waals surface area contributed by atoms with Crippen molar-refractivity contribution in [3.8, 4) is 0 Å². The number of nitrogens with zero attached hydrogens (tertiary/aromatic N) is 3. The van der Waals surface area contributed by atoms with E-state index in [1.807, 2.05) is 0 Å². The van der Waals surface area contributed by atoms with Gasteiger partial charge in [-0.1, -0.05) is 0 Å². The number of aromatic nitrogens is 3. The van der Waals surface area contributed by atoms with Crippen molar-refractivity contribution in [1.82, 2.24) is 20.3 Å². The summed E-state index contributed by atoms with van der Waals surface area (Å²) in [5.41, 5.74) is 0.0775. The van der Waals surface area contributed by atoms with Crippen LogP contribution in [0.3, 0.4) is 0 Å². The molecule has 3 aliphatic rings. The summed E-state index contributed by atoms with van der Waals surface area (Å²) in [6.45, 7) is 1.33. The predicted octanol–water partition coefficient (Wildman–Crippen LogP) is 1.27. The van der Waals surface area contributed by atoms with Gasteiger partial charge in [-0.25, -0.2) is 8.78 Å². The fraction of sp³-hybridized carbons (Fsp3) is 0.714. The van der Waals surface area contributed by atoms with Crippen molar-refractivity contribution >= 4 is 17.6 Å². The van der Waals surface area contributed by atoms with Gasteiger partial charge < -0.3 is 10.2 Å². The van der Waals surface area contributed by atoms with E-state index in [1.165, 1.54) is 0 Å². The summed E-state index contributed by atoms with van der Waals surface area (Å²) in [7, 11) is 0. The number of anilines is 1. The number of amides is 2. The summed E-state index contributed by atoms with van der Waals surface area (Å²) in [6.07, 6.45) is 2.28. The number of fused-ring (bicyclic) bond motifs is 1. The van der Waals surface area contributed by atoms with Gasteiger partial charge in [0, 0.05) is 30.8 Å². The lowest BCUT2D eigenvalue weighted by atomic mass is 10.0. The summed E-state index contributed by atoms with van der Waals surface area (Å²) in [6, 6.07) is 0. The molecule has 124 valence electrons. The number of rotatable bonds is 3. The second kappa shape index (κ2) is 4.97. The maximum absolute atomic E-state index is 13.2. The first-order chi connectivity index (χ1) is 11.0. The molecule has 0 bridgehead atoms. The Bertz CT molecular complexity index is 641. The van der Waals surface area contributed by atoms with E-state index < -0.39 is 23.7 Å². The highest BCUT2D eigenvalue weighted by Crippen LogP contribution is 2.65. The van der Waals surface area contributed by atoms with Crippen molar-refractivity contribution in [2.45, 2.75) is 31.6 Å². The van der Waals surface area contributed by atoms with Crippen LogP contribution in [0.2, 0.25) is 0 Å². The van der Waals surface area contributed by atoms with Crippen LogP contribution >= 0.6 is 0 Å². The van der Waals surface area contributed by atoms with Crippen molar-refractivity contribution in [2.24, 2.45) is 17.8 Å². The average molecular weight is 325 g/mol. The summed E-state index contributed by atoms with van der Waals surface area (Å²) in [5, 5.41) is 12.6. The molecular formula is C14H17F2N5O2. The van der Waals surface area contributed by atoms with E-state index in [2.05, 4.69) is 20.7 Å². The zero-order valence-electron chi connectivity index (χ0n) is 12.4. The van der Waals surface area contributed by atoms with Crippen LogP contribution in [0, 0.1) is 17.8 Å². The lowest BCUT2D eigenvalue weighted by Crippen LogP contribution is -2.30. The van der Waals surface area contributed by atoms with E-state index in [1.54, 1.807) is 4.90 Å². The fourth-order valence-electron chi connectivity index (χ4n) is 3.78. The van der Waals surface area contributed by atoms with Crippen LogP contribution in [0.4, 0.5) is 14.6 Å². The standard InChI is InChI=1S/C14H17F2N5O2/c15-14(16)8-5-7(6-9(8)14)12(22)17-11-10(18-20-19-11)13(23)21-3-1-2-4-21/h7-9H,1-6H2,(H2,17,18,19,20,22)/t7?,8-,9+. The Balaban J connectivity index is 1.41. The minimum Gasteiger partial charge on any atom is -0.337 e. The quantitative estimate of drug-likeness (QED) is 0.875. The van der Waals surface area contributed by atoms with Gasteiger partial charge in [0.15, 0.2) is 11.5 Å². The highest BCUT2D eigenvalue weighted by atomic mass is 19.3. The van der Waals surface area contributed by atoms with Gasteiger partial charge in [-0.2, -0.15) is 5.21 Å². The third kappa shape index (κ3) is 2.29. The van der Waals surface area contributed by atoms with E-state index in [0.717, 1.165) is 12.8 Å². The molecule has 1 aromatic heterocycles. The number of H-pyrrole nitrogens is 1. The Morgan fingerprint density at radius 2 is 1.83 bits per heavy atom. The van der Waals surface area contributed by atoms with Crippen LogP contribution in [0.15, 0.2) is 0 Å². The zero-order chi connectivity index (χ0) is 16.2. The van der Waals surface area contributed by atoms with Crippen molar-refractivity contribution in [3.63, 3.8) is 0 Å². The van der Waals surface area contributed by atoms with Gasteiger partial charge in [-0.05, 0) is 25.7 Å². The maximum Gasteiger partial charge on any atom is 0.278 e. The number of halogens is 2. The Labute approximate surface area is 130 Å². The molecule has 4 rings (SSSR count). The number of hydrogen-bond acceptors (Lipinski definition) is 4. The molecule has 23 heavy (non-hydrogen) atoms. The molecule has 3 atom stereocenters. The van der Waals surface area contributed by atoms with Crippen LogP contribution in [-0.2, 0) is 4.79 Å². The lowest BCUT2D eigenvalue weighted by molar-refractivity contribution is -0.120. The Morgan fingerprint density at radius 1 is 1.17 bits per heavy atom. The van der Waals surface area contributed by atoms with E-state index in [-0.39, 0.29) is 36.2 Å². The first-order valence-electron chi connectivity index (χ1n) is 7.87. The zero-order valence-corrected chi connectivity index (χ0v) is 12.4. The number of carbonyl (C=O) groups is 2. The Morgan fingerprint density at radius 3 is 2.48 bits per heavy atom. The topological polar surface area (TPSA) is 91.0 Å². The van der Waals surface area contributed by atoms with Gasteiger partial charge in [-0.3, -0.25) is 9.59 Å². The molecule has 2 saturated carbocycles. The molecule has 2 N–H and O–H groups in total. The summed E-state index contributed by atoms with van der Waals surface area (Å²) in [5.74, 6) is -4.93. The van der Waals surface area contributed by atoms with Crippen LogP contribution in [0.1, 0.15) is 36.2 Å². The number of carbonyl (C=O) groups excluding carboxylic acids is 2. The molecule has 0 radical (unpaired) electrons. The molecule has 1 aromatic rings. The molecule has 2 amide bonds. The van der Waals surface area contributed by atoms with Crippen molar-refractivity contribution < 1.29 is 18.4 Å². The minimum absolute atomic E-state index is 0.0775. The molecule has 0 aromatic carbocycles. The number of nitrogens with one attached hydrogen (secondary N) is 2. The van der Waals surface area contributed by atoms with E-state index in [0.29, 0.717) is 13.1 Å². The largest absolute Gasteiger partial charge is 0.337 e. The summed E-state index contributed by atoms with van der Waals surface area (Å²) >= 11 is 0. The number of likely N-dealkylation sites (tertiary alicyclic amines) is 1. The molecule has 1 aliphatic heterocycles. The third-order valence-corrected chi connectivity index (χ3v) is 5.20. The van der Waals surface area contributed by atoms with Gasteiger partial charge in [0.2, 0.25) is 5.91 Å². The SMILES string of the molecule is O=C(Nc1n[nH]nc1C(=O)N1CCCC1)C1C[C@@H]2[C@H](C1)C2(F)F. The van der Waals surface area contributed by atoms with E-state index >= 15 is 0 Å². The first kappa shape index (κ1) is 14.5. The molecule has 2 heterocycles. The number of alkyl halides is 2. The van der Waals surface area contributed by atoms with Gasteiger partial charge in [-0.15, -0.1) is 10.2 Å². The normalized spacial score (nSPS) is 31.0. The average Bonchev–Trinajstić information content (AvgIpc) is 3.13. The number of hydrogen-bond donors (Lipinski definition) is 2. The van der Waals surface area contributed by atoms with Crippen molar-refractivity contribution in [2.75, 3.05) is 18.4 Å². The van der Waals surface area contributed by atoms with Gasteiger partial charge in [0.05, 0.1) is 0 Å². The Hall–Kier alpha value is -2.06. The summed E-state index contributed by atoms with van der Waals surface area (Å²) < 4.78 is 26.4. The monoisotopic (exact) mass is 325 g/mol. The molecule has 7 nitrogen and oxygen atoms in total. The molecule has 1 saturated heterocycles. The van der Waals surface area contributed by atoms with Crippen LogP contribution < -0.4 is 5.32 Å². The molecule has 2 aliphatic carbocycles. The van der Waals surface area contributed by atoms with E-state index in [9.17, 15) is 18.4 Å². The minimum atomic E-state index is -2.60. The van der Waals surface area contributed by atoms with Crippen LogP contribution in [0.5, 0.6) is 0 Å². The highest BCUT2D eigenvalue weighted by molar-refractivity contribution is 6.01. The molecular weight excluding hydrogens is 308 g/mol. The lowest BCUT2D eigenvalue weighted by Gasteiger charge is -2.15. The second-order valence-electron chi connectivity index (χ2n) is 6.57. The second-order valence-corrected chi connectivity index (χ2v) is 6.57. The first-order valence-corrected chi connectivity index (χ1v) is 7.87. The predicted molar refractivity (Wildman–Crippen MR) is 74.8 cm³/mol. The van der Waals surface area contributed by atoms with Gasteiger partial charge in [0.1, 0.15) is 0 Å². The summed E-state index contributed by atoms with van der Waals surface area (Å²) in [4.78, 5) is 26.2. The molecule has 1 unspecified atom stereocenters. The van der Waals surface area contributed by atoms with Gasteiger partial charge in [0.25, 0.3) is 11.8 Å². The maximum atomic E-state index is 13.2. The van der Waals surface area contributed by atoms with E-state index in [4.69, 9.17) is 0 Å². The molecule has 3 fully saturated rings. The Kier molecular flexibility index (Phi) is 3.14. The highest BCUT2D eigenvalue weighted by Gasteiger charge is 2.72. The molecule has 0 spiro atoms. The van der Waals surface area contributed by atoms with Crippen molar-refractivity contribution in [3.05, 3.63) is 5.69 Å². The van der Waals surface area contributed by atoms with Gasteiger partial charge >= 0.3 is 0 Å². The number of aromatic amines is 1. The third-order valence-electron chi connectivity index (χ3n) is 5.20. The molecule has 9 heteroatoms. The van der Waals surface area contributed by atoms with Crippen LogP contribution in [0.25, 0.3) is 0 Å².